The summed E-state index contributed by atoms with van der Waals surface area (Å²) in [6.45, 7) is 7.77. The van der Waals surface area contributed by atoms with Gasteiger partial charge < -0.3 is 5.73 Å². The normalized spacial score (nSPS) is 12.0. The van der Waals surface area contributed by atoms with Gasteiger partial charge in [-0.05, 0) is 0 Å². The molecule has 2 N–H and O–H groups in total. The Morgan fingerprint density at radius 2 is 2.18 bits per heavy atom. The Kier molecular flexibility index (Phi) is 3.31. The monoisotopic (exact) mass is 250 g/mol. The van der Waals surface area contributed by atoms with E-state index < -0.39 is 0 Å². The second kappa shape index (κ2) is 4.58. The minimum atomic E-state index is 0.112. The Hall–Kier alpha value is -1.20. The third kappa shape index (κ3) is 2.92. The quantitative estimate of drug-likeness (QED) is 0.908. The number of aromatic nitrogens is 3. The van der Waals surface area contributed by atoms with Gasteiger partial charge in [-0.15, -0.1) is 11.3 Å². The third-order valence-corrected chi connectivity index (χ3v) is 3.37. The zero-order chi connectivity index (χ0) is 12.5. The number of hydrogen-bond donors (Lipinski definition) is 1. The first-order valence-electron chi connectivity index (χ1n) is 5.65. The SMILES string of the molecule is CC(C)(C)c1csc(Cn2cc(CN)cn2)n1. The molecule has 0 aliphatic rings. The van der Waals surface area contributed by atoms with Crippen LogP contribution in [0, 0.1) is 0 Å². The summed E-state index contributed by atoms with van der Waals surface area (Å²) in [5.74, 6) is 0. The molecule has 2 aromatic heterocycles. The minimum absolute atomic E-state index is 0.112. The van der Waals surface area contributed by atoms with Gasteiger partial charge in [-0.3, -0.25) is 4.68 Å². The summed E-state index contributed by atoms with van der Waals surface area (Å²) in [5.41, 5.74) is 7.86. The average molecular weight is 250 g/mol. The molecule has 2 rings (SSSR count). The summed E-state index contributed by atoms with van der Waals surface area (Å²) < 4.78 is 1.88. The van der Waals surface area contributed by atoms with Gasteiger partial charge in [0.1, 0.15) is 5.01 Å². The predicted molar refractivity (Wildman–Crippen MR) is 70.0 cm³/mol. The number of rotatable bonds is 3. The fourth-order valence-electron chi connectivity index (χ4n) is 1.46. The van der Waals surface area contributed by atoms with Crippen molar-refractivity contribution in [3.8, 4) is 0 Å². The van der Waals surface area contributed by atoms with Crippen molar-refractivity contribution in [2.75, 3.05) is 0 Å². The van der Waals surface area contributed by atoms with E-state index in [0.29, 0.717) is 6.54 Å². The number of hydrogen-bond acceptors (Lipinski definition) is 4. The average Bonchev–Trinajstić information content (AvgIpc) is 2.86. The maximum absolute atomic E-state index is 5.55. The van der Waals surface area contributed by atoms with Crippen LogP contribution in [0.1, 0.15) is 37.0 Å². The topological polar surface area (TPSA) is 56.7 Å². The van der Waals surface area contributed by atoms with Crippen LogP contribution < -0.4 is 5.73 Å². The van der Waals surface area contributed by atoms with E-state index in [2.05, 4.69) is 36.2 Å². The summed E-state index contributed by atoms with van der Waals surface area (Å²) in [6.07, 6.45) is 3.77. The van der Waals surface area contributed by atoms with E-state index in [9.17, 15) is 0 Å². The van der Waals surface area contributed by atoms with E-state index >= 15 is 0 Å². The van der Waals surface area contributed by atoms with Gasteiger partial charge in [0.2, 0.25) is 0 Å². The number of thiazole rings is 1. The van der Waals surface area contributed by atoms with Gasteiger partial charge in [-0.2, -0.15) is 5.10 Å². The molecule has 0 aromatic carbocycles. The number of nitrogens with zero attached hydrogens (tertiary/aromatic N) is 3. The summed E-state index contributed by atoms with van der Waals surface area (Å²) in [6, 6.07) is 0. The molecule has 0 radical (unpaired) electrons. The molecule has 4 nitrogen and oxygen atoms in total. The predicted octanol–water partition coefficient (Wildman–Crippen LogP) is 2.14. The molecule has 17 heavy (non-hydrogen) atoms. The Morgan fingerprint density at radius 1 is 1.41 bits per heavy atom. The zero-order valence-electron chi connectivity index (χ0n) is 10.5. The molecule has 92 valence electrons. The maximum atomic E-state index is 5.55. The van der Waals surface area contributed by atoms with Crippen LogP contribution in [0.25, 0.3) is 0 Å². The van der Waals surface area contributed by atoms with Crippen molar-refractivity contribution in [1.29, 1.82) is 0 Å². The lowest BCUT2D eigenvalue weighted by Gasteiger charge is -2.14. The van der Waals surface area contributed by atoms with E-state index in [4.69, 9.17) is 5.73 Å². The highest BCUT2D eigenvalue weighted by atomic mass is 32.1. The molecule has 0 saturated heterocycles. The van der Waals surface area contributed by atoms with Crippen LogP contribution in [-0.4, -0.2) is 14.8 Å². The van der Waals surface area contributed by atoms with Crippen LogP contribution in [0.3, 0.4) is 0 Å². The molecule has 2 heterocycles. The van der Waals surface area contributed by atoms with Crippen LogP contribution in [0.2, 0.25) is 0 Å². The van der Waals surface area contributed by atoms with Crippen molar-refractivity contribution in [2.45, 2.75) is 39.3 Å². The molecule has 2 aromatic rings. The first kappa shape index (κ1) is 12.3. The highest BCUT2D eigenvalue weighted by molar-refractivity contribution is 7.09. The molecule has 0 amide bonds. The molecule has 0 aliphatic carbocycles. The van der Waals surface area contributed by atoms with Crippen LogP contribution in [0.4, 0.5) is 0 Å². The largest absolute Gasteiger partial charge is 0.326 e. The fourth-order valence-corrected chi connectivity index (χ4v) is 2.48. The van der Waals surface area contributed by atoms with Gasteiger partial charge in [-0.25, -0.2) is 4.98 Å². The van der Waals surface area contributed by atoms with Gasteiger partial charge in [0.15, 0.2) is 0 Å². The van der Waals surface area contributed by atoms with Gasteiger partial charge in [-0.1, -0.05) is 20.8 Å². The summed E-state index contributed by atoms with van der Waals surface area (Å²) in [4.78, 5) is 4.64. The molecule has 0 spiro atoms. The molecular weight excluding hydrogens is 232 g/mol. The van der Waals surface area contributed by atoms with Gasteiger partial charge >= 0.3 is 0 Å². The molecular formula is C12H18N4S. The second-order valence-electron chi connectivity index (χ2n) is 5.13. The minimum Gasteiger partial charge on any atom is -0.326 e. The van der Waals surface area contributed by atoms with E-state index in [-0.39, 0.29) is 5.41 Å². The van der Waals surface area contributed by atoms with Gasteiger partial charge in [0.05, 0.1) is 18.4 Å². The van der Waals surface area contributed by atoms with Crippen molar-refractivity contribution in [3.05, 3.63) is 34.0 Å². The smallest absolute Gasteiger partial charge is 0.114 e. The Bertz CT molecular complexity index is 493. The highest BCUT2D eigenvalue weighted by Gasteiger charge is 2.17. The van der Waals surface area contributed by atoms with Crippen LogP contribution in [-0.2, 0) is 18.5 Å². The standard InChI is InChI=1S/C12H18N4S/c1-12(2,3)10-8-17-11(15-10)7-16-6-9(4-13)5-14-16/h5-6,8H,4,7,13H2,1-3H3. The lowest BCUT2D eigenvalue weighted by Crippen LogP contribution is -2.12. The Balaban J connectivity index is 2.11. The molecule has 0 unspecified atom stereocenters. The summed E-state index contributed by atoms with van der Waals surface area (Å²) >= 11 is 1.68. The molecule has 0 aliphatic heterocycles. The van der Waals surface area contributed by atoms with Crippen LogP contribution in [0.5, 0.6) is 0 Å². The summed E-state index contributed by atoms with van der Waals surface area (Å²) in [5, 5.41) is 7.47. The molecule has 0 atom stereocenters. The van der Waals surface area contributed by atoms with Crippen LogP contribution in [0.15, 0.2) is 17.8 Å². The van der Waals surface area contributed by atoms with E-state index in [1.165, 1.54) is 0 Å². The second-order valence-corrected chi connectivity index (χ2v) is 6.07. The third-order valence-electron chi connectivity index (χ3n) is 2.54. The highest BCUT2D eigenvalue weighted by Crippen LogP contribution is 2.24. The van der Waals surface area contributed by atoms with Crippen molar-refractivity contribution in [3.63, 3.8) is 0 Å². The molecule has 0 bridgehead atoms. The maximum Gasteiger partial charge on any atom is 0.114 e. The van der Waals surface area contributed by atoms with Crippen LogP contribution >= 0.6 is 11.3 Å². The van der Waals surface area contributed by atoms with E-state index in [0.717, 1.165) is 22.8 Å². The van der Waals surface area contributed by atoms with Crippen molar-refractivity contribution in [2.24, 2.45) is 5.73 Å². The Labute approximate surface area is 105 Å². The Morgan fingerprint density at radius 3 is 2.71 bits per heavy atom. The van der Waals surface area contributed by atoms with Gasteiger partial charge in [0.25, 0.3) is 0 Å². The first-order valence-corrected chi connectivity index (χ1v) is 6.53. The number of nitrogens with two attached hydrogens (primary N) is 1. The van der Waals surface area contributed by atoms with Crippen molar-refractivity contribution >= 4 is 11.3 Å². The fraction of sp³-hybridized carbons (Fsp3) is 0.500. The van der Waals surface area contributed by atoms with E-state index in [1.54, 1.807) is 17.5 Å². The van der Waals surface area contributed by atoms with Crippen molar-refractivity contribution < 1.29 is 0 Å². The summed E-state index contributed by atoms with van der Waals surface area (Å²) in [7, 11) is 0. The molecule has 0 saturated carbocycles. The lowest BCUT2D eigenvalue weighted by atomic mass is 9.93. The molecule has 0 fully saturated rings. The van der Waals surface area contributed by atoms with Gasteiger partial charge in [0, 0.05) is 29.1 Å². The van der Waals surface area contributed by atoms with E-state index in [1.807, 2.05) is 10.9 Å². The first-order chi connectivity index (χ1) is 7.99. The zero-order valence-corrected chi connectivity index (χ0v) is 11.3. The molecule has 5 heteroatoms. The lowest BCUT2D eigenvalue weighted by molar-refractivity contribution is 0.568. The van der Waals surface area contributed by atoms with Crippen molar-refractivity contribution in [1.82, 2.24) is 14.8 Å².